The number of nitrogens with two attached hydrogens (primary N) is 1. The first kappa shape index (κ1) is 12.4. The van der Waals surface area contributed by atoms with Gasteiger partial charge in [0.25, 0.3) is 0 Å². The molecular weight excluding hydrogens is 256 g/mol. The fraction of sp³-hybridized carbons (Fsp3) is 0.267. The number of hydrogen-bond acceptors (Lipinski definition) is 5. The molecule has 5 nitrogen and oxygen atoms in total. The van der Waals surface area contributed by atoms with Crippen molar-refractivity contribution in [2.24, 2.45) is 5.73 Å². The summed E-state index contributed by atoms with van der Waals surface area (Å²) in [5.74, 6) is 1.82. The maximum atomic E-state index is 9.31. The summed E-state index contributed by atoms with van der Waals surface area (Å²) < 4.78 is 16.3. The van der Waals surface area contributed by atoms with E-state index in [1.807, 2.05) is 26.0 Å². The SMILES string of the molecule is CC(C)=C[C@@H]1C(C#N)=C(N)Oc2cc3c(cc21)OCO3. The van der Waals surface area contributed by atoms with Crippen LogP contribution in [-0.2, 0) is 0 Å². The quantitative estimate of drug-likeness (QED) is 0.793. The lowest BCUT2D eigenvalue weighted by Crippen LogP contribution is -2.19. The molecule has 5 heteroatoms. The van der Waals surface area contributed by atoms with Crippen LogP contribution in [0, 0.1) is 11.3 Å². The molecule has 2 aliphatic rings. The van der Waals surface area contributed by atoms with Crippen LogP contribution in [0.2, 0.25) is 0 Å². The van der Waals surface area contributed by atoms with Gasteiger partial charge in [0.1, 0.15) is 17.4 Å². The standard InChI is InChI=1S/C15H14N2O3/c1-8(2)3-9-10-4-13-14(19-7-18-13)5-12(10)20-15(17)11(9)6-16/h3-5,9H,7,17H2,1-2H3/t9-/m0/s1. The zero-order valence-electron chi connectivity index (χ0n) is 11.3. The molecule has 0 fully saturated rings. The van der Waals surface area contributed by atoms with E-state index in [9.17, 15) is 5.26 Å². The van der Waals surface area contributed by atoms with Crippen molar-refractivity contribution < 1.29 is 14.2 Å². The highest BCUT2D eigenvalue weighted by Crippen LogP contribution is 2.46. The molecule has 20 heavy (non-hydrogen) atoms. The Hall–Kier alpha value is -2.61. The van der Waals surface area contributed by atoms with Gasteiger partial charge in [0.2, 0.25) is 12.7 Å². The van der Waals surface area contributed by atoms with Gasteiger partial charge in [-0.15, -0.1) is 0 Å². The average molecular weight is 270 g/mol. The number of benzene rings is 1. The molecule has 102 valence electrons. The van der Waals surface area contributed by atoms with Crippen LogP contribution in [0.25, 0.3) is 0 Å². The Morgan fingerprint density at radius 2 is 2.00 bits per heavy atom. The minimum atomic E-state index is -0.219. The van der Waals surface area contributed by atoms with Gasteiger partial charge in [-0.3, -0.25) is 0 Å². The number of hydrogen-bond donors (Lipinski definition) is 1. The van der Waals surface area contributed by atoms with E-state index in [0.717, 1.165) is 11.1 Å². The molecule has 0 unspecified atom stereocenters. The van der Waals surface area contributed by atoms with Gasteiger partial charge >= 0.3 is 0 Å². The predicted octanol–water partition coefficient (Wildman–Crippen LogP) is 2.55. The molecule has 0 saturated heterocycles. The number of allylic oxidation sites excluding steroid dienone is 3. The topological polar surface area (TPSA) is 77.5 Å². The van der Waals surface area contributed by atoms with Crippen molar-refractivity contribution in [1.82, 2.24) is 0 Å². The lowest BCUT2D eigenvalue weighted by atomic mass is 9.87. The maximum absolute atomic E-state index is 9.31. The van der Waals surface area contributed by atoms with Gasteiger partial charge in [-0.2, -0.15) is 5.26 Å². The van der Waals surface area contributed by atoms with E-state index in [4.69, 9.17) is 19.9 Å². The predicted molar refractivity (Wildman–Crippen MR) is 72.2 cm³/mol. The van der Waals surface area contributed by atoms with Crippen LogP contribution in [0.4, 0.5) is 0 Å². The molecule has 1 aromatic carbocycles. The van der Waals surface area contributed by atoms with Crippen LogP contribution >= 0.6 is 0 Å². The fourth-order valence-corrected chi connectivity index (χ4v) is 2.38. The molecule has 2 N–H and O–H groups in total. The highest BCUT2D eigenvalue weighted by molar-refractivity contribution is 5.59. The molecule has 3 rings (SSSR count). The molecule has 1 aromatic rings. The van der Waals surface area contributed by atoms with Gasteiger partial charge in [0, 0.05) is 17.5 Å². The van der Waals surface area contributed by atoms with E-state index in [0.29, 0.717) is 22.8 Å². The first-order valence-electron chi connectivity index (χ1n) is 6.26. The van der Waals surface area contributed by atoms with Crippen molar-refractivity contribution in [3.8, 4) is 23.3 Å². The zero-order chi connectivity index (χ0) is 14.3. The number of nitrogens with zero attached hydrogens (tertiary/aromatic N) is 1. The normalized spacial score (nSPS) is 18.9. The average Bonchev–Trinajstić information content (AvgIpc) is 2.83. The van der Waals surface area contributed by atoms with Crippen molar-refractivity contribution in [3.63, 3.8) is 0 Å². The van der Waals surface area contributed by atoms with Crippen molar-refractivity contribution in [2.75, 3.05) is 6.79 Å². The highest BCUT2D eigenvalue weighted by Gasteiger charge is 2.30. The Bertz CT molecular complexity index is 679. The smallest absolute Gasteiger partial charge is 0.231 e. The number of nitriles is 1. The highest BCUT2D eigenvalue weighted by atomic mass is 16.7. The van der Waals surface area contributed by atoms with E-state index < -0.39 is 0 Å². The molecular formula is C15H14N2O3. The van der Waals surface area contributed by atoms with Crippen molar-refractivity contribution in [3.05, 3.63) is 40.8 Å². The summed E-state index contributed by atoms with van der Waals surface area (Å²) in [4.78, 5) is 0. The van der Waals surface area contributed by atoms with Gasteiger partial charge in [-0.1, -0.05) is 11.6 Å². The third-order valence-corrected chi connectivity index (χ3v) is 3.26. The van der Waals surface area contributed by atoms with Gasteiger partial charge in [0.05, 0.1) is 0 Å². The number of rotatable bonds is 1. The van der Waals surface area contributed by atoms with Crippen LogP contribution in [-0.4, -0.2) is 6.79 Å². The number of fused-ring (bicyclic) bond motifs is 2. The van der Waals surface area contributed by atoms with Crippen molar-refractivity contribution in [1.29, 1.82) is 5.26 Å². The first-order valence-corrected chi connectivity index (χ1v) is 6.26. The third kappa shape index (κ3) is 1.86. The lowest BCUT2D eigenvalue weighted by molar-refractivity contribution is 0.174. The van der Waals surface area contributed by atoms with Crippen LogP contribution in [0.5, 0.6) is 17.2 Å². The third-order valence-electron chi connectivity index (χ3n) is 3.26. The molecule has 2 heterocycles. The van der Waals surface area contributed by atoms with E-state index >= 15 is 0 Å². The number of ether oxygens (including phenoxy) is 3. The van der Waals surface area contributed by atoms with Crippen molar-refractivity contribution in [2.45, 2.75) is 19.8 Å². The molecule has 2 aliphatic heterocycles. The molecule has 0 amide bonds. The Balaban J connectivity index is 2.18. The first-order chi connectivity index (χ1) is 9.60. The molecule has 0 saturated carbocycles. The van der Waals surface area contributed by atoms with Gasteiger partial charge in [-0.05, 0) is 19.9 Å². The van der Waals surface area contributed by atoms with Gasteiger partial charge in [0.15, 0.2) is 11.5 Å². The summed E-state index contributed by atoms with van der Waals surface area (Å²) in [6.07, 6.45) is 2.00. The van der Waals surface area contributed by atoms with Gasteiger partial charge in [-0.25, -0.2) is 0 Å². The van der Waals surface area contributed by atoms with Crippen LogP contribution in [0.15, 0.2) is 35.2 Å². The molecule has 0 spiro atoms. The molecule has 0 bridgehead atoms. The second kappa shape index (κ2) is 4.49. The Labute approximate surface area is 116 Å². The summed E-state index contributed by atoms with van der Waals surface area (Å²) >= 11 is 0. The minimum absolute atomic E-state index is 0.140. The summed E-state index contributed by atoms with van der Waals surface area (Å²) in [6, 6.07) is 5.74. The minimum Gasteiger partial charge on any atom is -0.454 e. The Morgan fingerprint density at radius 1 is 1.30 bits per heavy atom. The maximum Gasteiger partial charge on any atom is 0.231 e. The Kier molecular flexibility index (Phi) is 2.79. The van der Waals surface area contributed by atoms with Crippen molar-refractivity contribution >= 4 is 0 Å². The molecule has 0 aromatic heterocycles. The van der Waals surface area contributed by atoms with Crippen LogP contribution < -0.4 is 19.9 Å². The molecule has 0 aliphatic carbocycles. The van der Waals surface area contributed by atoms with E-state index in [-0.39, 0.29) is 18.6 Å². The monoisotopic (exact) mass is 270 g/mol. The lowest BCUT2D eigenvalue weighted by Gasteiger charge is -2.24. The van der Waals surface area contributed by atoms with Crippen LogP contribution in [0.1, 0.15) is 25.3 Å². The van der Waals surface area contributed by atoms with Gasteiger partial charge < -0.3 is 19.9 Å². The van der Waals surface area contributed by atoms with E-state index in [2.05, 4.69) is 6.07 Å². The zero-order valence-corrected chi connectivity index (χ0v) is 11.3. The second-order valence-electron chi connectivity index (χ2n) is 4.96. The Morgan fingerprint density at radius 3 is 2.65 bits per heavy atom. The summed E-state index contributed by atoms with van der Waals surface area (Å²) in [7, 11) is 0. The van der Waals surface area contributed by atoms with E-state index in [1.54, 1.807) is 6.07 Å². The van der Waals surface area contributed by atoms with Crippen LogP contribution in [0.3, 0.4) is 0 Å². The van der Waals surface area contributed by atoms with E-state index in [1.165, 1.54) is 0 Å². The largest absolute Gasteiger partial charge is 0.454 e. The summed E-state index contributed by atoms with van der Waals surface area (Å²) in [6.45, 7) is 4.15. The molecule has 0 radical (unpaired) electrons. The second-order valence-corrected chi connectivity index (χ2v) is 4.96. The fourth-order valence-electron chi connectivity index (χ4n) is 2.38. The summed E-state index contributed by atoms with van der Waals surface area (Å²) in [5, 5.41) is 9.31. The summed E-state index contributed by atoms with van der Waals surface area (Å²) in [5.41, 5.74) is 8.22. The molecule has 1 atom stereocenters.